The molecule has 2 rings (SSSR count). The van der Waals surface area contributed by atoms with Crippen LogP contribution < -0.4 is 0 Å². The predicted octanol–water partition coefficient (Wildman–Crippen LogP) is 2.27. The maximum Gasteiger partial charge on any atom is 0.0620 e. The molecule has 1 saturated carbocycles. The van der Waals surface area contributed by atoms with Crippen molar-refractivity contribution in [2.75, 3.05) is 13.1 Å². The summed E-state index contributed by atoms with van der Waals surface area (Å²) in [6.07, 6.45) is 5.06. The van der Waals surface area contributed by atoms with Crippen LogP contribution in [0, 0.1) is 11.8 Å². The molecule has 15 heavy (non-hydrogen) atoms. The van der Waals surface area contributed by atoms with E-state index in [0.29, 0.717) is 11.8 Å². The predicted molar refractivity (Wildman–Crippen MR) is 62.8 cm³/mol. The molecule has 2 fully saturated rings. The standard InChI is InChI=1S/C13H25NO/c1-13(2,3)14-8-10-6-4-5-7-11(9-14)12(10)15/h10-12,15H,4-9H2,1-3H3. The second kappa shape index (κ2) is 4.06. The lowest BCUT2D eigenvalue weighted by molar-refractivity contribution is -0.0479. The van der Waals surface area contributed by atoms with Crippen LogP contribution in [0.4, 0.5) is 0 Å². The van der Waals surface area contributed by atoms with E-state index < -0.39 is 0 Å². The molecule has 1 heterocycles. The summed E-state index contributed by atoms with van der Waals surface area (Å²) >= 11 is 0. The second-order valence-electron chi connectivity index (χ2n) is 6.37. The molecule has 0 radical (unpaired) electrons. The molecule has 2 bridgehead atoms. The molecule has 1 N–H and O–H groups in total. The molecule has 2 heteroatoms. The molecule has 88 valence electrons. The fraction of sp³-hybridized carbons (Fsp3) is 1.00. The highest BCUT2D eigenvalue weighted by Gasteiger charge is 2.39. The molecule has 0 amide bonds. The molecule has 1 aliphatic heterocycles. The van der Waals surface area contributed by atoms with Crippen LogP contribution in [0.15, 0.2) is 0 Å². The number of aliphatic hydroxyl groups excluding tert-OH is 1. The normalized spacial score (nSPS) is 38.8. The fourth-order valence-electron chi connectivity index (χ4n) is 3.13. The lowest BCUT2D eigenvalue weighted by atomic mass is 9.83. The maximum absolute atomic E-state index is 10.2. The zero-order valence-corrected chi connectivity index (χ0v) is 10.4. The first-order chi connectivity index (χ1) is 6.98. The Hall–Kier alpha value is -0.0800. The average Bonchev–Trinajstić information content (AvgIpc) is 2.27. The van der Waals surface area contributed by atoms with E-state index in [2.05, 4.69) is 25.7 Å². The molecule has 2 aliphatic rings. The van der Waals surface area contributed by atoms with Crippen LogP contribution in [0.25, 0.3) is 0 Å². The molecule has 0 aromatic heterocycles. The van der Waals surface area contributed by atoms with Crippen molar-refractivity contribution in [3.63, 3.8) is 0 Å². The van der Waals surface area contributed by atoms with Gasteiger partial charge in [-0.1, -0.05) is 12.8 Å². The Balaban J connectivity index is 2.11. The summed E-state index contributed by atoms with van der Waals surface area (Å²) in [7, 11) is 0. The highest BCUT2D eigenvalue weighted by atomic mass is 16.3. The van der Waals surface area contributed by atoms with E-state index in [1.54, 1.807) is 0 Å². The van der Waals surface area contributed by atoms with Crippen LogP contribution in [-0.2, 0) is 0 Å². The van der Waals surface area contributed by atoms with Crippen LogP contribution in [0.3, 0.4) is 0 Å². The summed E-state index contributed by atoms with van der Waals surface area (Å²) in [5.41, 5.74) is 0.265. The van der Waals surface area contributed by atoms with Gasteiger partial charge in [-0.25, -0.2) is 0 Å². The van der Waals surface area contributed by atoms with Crippen LogP contribution in [0.5, 0.6) is 0 Å². The molecular weight excluding hydrogens is 186 g/mol. The Bertz CT molecular complexity index is 205. The van der Waals surface area contributed by atoms with Gasteiger partial charge in [-0.3, -0.25) is 4.90 Å². The Morgan fingerprint density at radius 3 is 1.87 bits per heavy atom. The van der Waals surface area contributed by atoms with Crippen molar-refractivity contribution in [1.82, 2.24) is 4.90 Å². The topological polar surface area (TPSA) is 23.5 Å². The maximum atomic E-state index is 10.2. The number of rotatable bonds is 0. The Kier molecular flexibility index (Phi) is 3.09. The van der Waals surface area contributed by atoms with Gasteiger partial charge in [0.05, 0.1) is 6.10 Å². The van der Waals surface area contributed by atoms with Crippen molar-refractivity contribution < 1.29 is 5.11 Å². The van der Waals surface area contributed by atoms with E-state index in [1.165, 1.54) is 25.7 Å². The summed E-state index contributed by atoms with van der Waals surface area (Å²) in [6, 6.07) is 0. The monoisotopic (exact) mass is 211 g/mol. The second-order valence-corrected chi connectivity index (χ2v) is 6.37. The number of hydrogen-bond donors (Lipinski definition) is 1. The summed E-state index contributed by atoms with van der Waals surface area (Å²) in [4.78, 5) is 2.57. The summed E-state index contributed by atoms with van der Waals surface area (Å²) < 4.78 is 0. The van der Waals surface area contributed by atoms with Crippen LogP contribution in [0.2, 0.25) is 0 Å². The van der Waals surface area contributed by atoms with Gasteiger partial charge in [-0.2, -0.15) is 0 Å². The third kappa shape index (κ3) is 2.36. The lowest BCUT2D eigenvalue weighted by Gasteiger charge is -2.46. The minimum Gasteiger partial charge on any atom is -0.392 e. The number of fused-ring (bicyclic) bond motifs is 2. The summed E-state index contributed by atoms with van der Waals surface area (Å²) in [5.74, 6) is 1.07. The van der Waals surface area contributed by atoms with E-state index in [4.69, 9.17) is 0 Å². The highest BCUT2D eigenvalue weighted by molar-refractivity contribution is 4.92. The van der Waals surface area contributed by atoms with Gasteiger partial charge >= 0.3 is 0 Å². The lowest BCUT2D eigenvalue weighted by Crippen LogP contribution is -2.54. The first-order valence-electron chi connectivity index (χ1n) is 6.41. The largest absolute Gasteiger partial charge is 0.392 e. The molecule has 1 saturated heterocycles. The Labute approximate surface area is 93.7 Å². The van der Waals surface area contributed by atoms with Gasteiger partial charge in [0.25, 0.3) is 0 Å². The van der Waals surface area contributed by atoms with E-state index in [1.807, 2.05) is 0 Å². The first kappa shape index (κ1) is 11.4. The van der Waals surface area contributed by atoms with E-state index in [-0.39, 0.29) is 11.6 Å². The van der Waals surface area contributed by atoms with Gasteiger partial charge in [0, 0.05) is 18.6 Å². The van der Waals surface area contributed by atoms with Crippen molar-refractivity contribution in [2.45, 2.75) is 58.1 Å². The van der Waals surface area contributed by atoms with Crippen molar-refractivity contribution in [1.29, 1.82) is 0 Å². The number of piperidine rings is 1. The first-order valence-corrected chi connectivity index (χ1v) is 6.41. The molecule has 2 unspecified atom stereocenters. The summed E-state index contributed by atoms with van der Waals surface area (Å²) in [6.45, 7) is 9.06. The zero-order chi connectivity index (χ0) is 11.1. The molecule has 0 aromatic carbocycles. The van der Waals surface area contributed by atoms with Gasteiger partial charge in [-0.05, 0) is 45.4 Å². The van der Waals surface area contributed by atoms with Crippen molar-refractivity contribution in [3.05, 3.63) is 0 Å². The van der Waals surface area contributed by atoms with Crippen molar-refractivity contribution in [2.24, 2.45) is 11.8 Å². The molecular formula is C13H25NO. The van der Waals surface area contributed by atoms with Crippen molar-refractivity contribution >= 4 is 0 Å². The van der Waals surface area contributed by atoms with E-state index in [9.17, 15) is 5.11 Å². The summed E-state index contributed by atoms with van der Waals surface area (Å²) in [5, 5.41) is 10.2. The number of aliphatic hydroxyl groups is 1. The smallest absolute Gasteiger partial charge is 0.0620 e. The average molecular weight is 211 g/mol. The van der Waals surface area contributed by atoms with Crippen LogP contribution in [-0.4, -0.2) is 34.7 Å². The fourth-order valence-corrected chi connectivity index (χ4v) is 3.13. The van der Waals surface area contributed by atoms with Crippen molar-refractivity contribution in [3.8, 4) is 0 Å². The Morgan fingerprint density at radius 2 is 1.47 bits per heavy atom. The molecule has 0 aromatic rings. The molecule has 0 spiro atoms. The van der Waals surface area contributed by atoms with Gasteiger partial charge < -0.3 is 5.11 Å². The molecule has 2 nitrogen and oxygen atoms in total. The van der Waals surface area contributed by atoms with E-state index >= 15 is 0 Å². The van der Waals surface area contributed by atoms with E-state index in [0.717, 1.165) is 13.1 Å². The van der Waals surface area contributed by atoms with Crippen LogP contribution in [0.1, 0.15) is 46.5 Å². The Morgan fingerprint density at radius 1 is 1.00 bits per heavy atom. The highest BCUT2D eigenvalue weighted by Crippen LogP contribution is 2.35. The van der Waals surface area contributed by atoms with Gasteiger partial charge in [0.15, 0.2) is 0 Å². The SMILES string of the molecule is CC(C)(C)N1CC2CCCCC(C1)C2O. The third-order valence-corrected chi connectivity index (χ3v) is 4.22. The van der Waals surface area contributed by atoms with Gasteiger partial charge in [0.1, 0.15) is 0 Å². The van der Waals surface area contributed by atoms with Gasteiger partial charge in [-0.15, -0.1) is 0 Å². The number of likely N-dealkylation sites (tertiary alicyclic amines) is 1. The van der Waals surface area contributed by atoms with Crippen LogP contribution >= 0.6 is 0 Å². The molecule has 1 aliphatic carbocycles. The quantitative estimate of drug-likeness (QED) is 0.664. The minimum atomic E-state index is -0.0221. The van der Waals surface area contributed by atoms with Gasteiger partial charge in [0.2, 0.25) is 0 Å². The minimum absolute atomic E-state index is 0.0221. The zero-order valence-electron chi connectivity index (χ0n) is 10.4. The number of nitrogens with zero attached hydrogens (tertiary/aromatic N) is 1. The third-order valence-electron chi connectivity index (χ3n) is 4.22. The molecule has 2 atom stereocenters. The number of hydrogen-bond acceptors (Lipinski definition) is 2.